The molecule has 0 aromatic heterocycles. The van der Waals surface area contributed by atoms with E-state index in [4.69, 9.17) is 4.74 Å². The summed E-state index contributed by atoms with van der Waals surface area (Å²) in [5.41, 5.74) is 0.942. The Hall–Kier alpha value is -0.910. The highest BCUT2D eigenvalue weighted by molar-refractivity contribution is 9.10. The van der Waals surface area contributed by atoms with Crippen LogP contribution in [0, 0.1) is 5.92 Å². The van der Waals surface area contributed by atoms with Crippen LogP contribution in [-0.4, -0.2) is 35.0 Å². The van der Waals surface area contributed by atoms with Gasteiger partial charge in [-0.3, -0.25) is 4.79 Å². The second-order valence-electron chi connectivity index (χ2n) is 5.14. The fourth-order valence-corrected chi connectivity index (χ4v) is 2.14. The Kier molecular flexibility index (Phi) is 7.19. The first kappa shape index (κ1) is 17.1. The van der Waals surface area contributed by atoms with Crippen molar-refractivity contribution in [3.8, 4) is 0 Å². The van der Waals surface area contributed by atoms with Gasteiger partial charge < -0.3 is 14.9 Å². The van der Waals surface area contributed by atoms with Gasteiger partial charge in [0.15, 0.2) is 0 Å². The standard InChI is InChI=1S/C15H21BrO4/c1-10(2)20-9-14(17)8-12(15(18)19)7-11-3-5-13(16)6-4-11/h3-6,10,12,14,17H,7-9H2,1-2H3,(H,18,19). The van der Waals surface area contributed by atoms with Gasteiger partial charge >= 0.3 is 5.97 Å². The minimum Gasteiger partial charge on any atom is -0.481 e. The van der Waals surface area contributed by atoms with Crippen molar-refractivity contribution < 1.29 is 19.7 Å². The molecule has 2 unspecified atom stereocenters. The molecule has 5 heteroatoms. The zero-order valence-electron chi connectivity index (χ0n) is 11.8. The number of aliphatic hydroxyl groups is 1. The summed E-state index contributed by atoms with van der Waals surface area (Å²) in [5, 5.41) is 19.1. The van der Waals surface area contributed by atoms with E-state index >= 15 is 0 Å². The van der Waals surface area contributed by atoms with Crippen LogP contribution >= 0.6 is 15.9 Å². The zero-order valence-corrected chi connectivity index (χ0v) is 13.3. The lowest BCUT2D eigenvalue weighted by atomic mass is 9.94. The van der Waals surface area contributed by atoms with Crippen molar-refractivity contribution in [1.29, 1.82) is 0 Å². The third kappa shape index (κ3) is 6.50. The van der Waals surface area contributed by atoms with Crippen molar-refractivity contribution in [2.75, 3.05) is 6.61 Å². The Morgan fingerprint density at radius 1 is 1.30 bits per heavy atom. The van der Waals surface area contributed by atoms with Gasteiger partial charge in [-0.1, -0.05) is 28.1 Å². The van der Waals surface area contributed by atoms with Crippen LogP contribution in [0.1, 0.15) is 25.8 Å². The molecule has 0 fully saturated rings. The van der Waals surface area contributed by atoms with Gasteiger partial charge in [0.1, 0.15) is 0 Å². The number of carboxylic acid groups (broad SMARTS) is 1. The summed E-state index contributed by atoms with van der Waals surface area (Å²) in [7, 11) is 0. The van der Waals surface area contributed by atoms with E-state index in [9.17, 15) is 15.0 Å². The van der Waals surface area contributed by atoms with Crippen LogP contribution in [0.25, 0.3) is 0 Å². The Morgan fingerprint density at radius 3 is 2.40 bits per heavy atom. The molecular weight excluding hydrogens is 324 g/mol. The number of rotatable bonds is 8. The molecule has 112 valence electrons. The summed E-state index contributed by atoms with van der Waals surface area (Å²) >= 11 is 3.34. The van der Waals surface area contributed by atoms with Gasteiger partial charge in [0.25, 0.3) is 0 Å². The summed E-state index contributed by atoms with van der Waals surface area (Å²) in [4.78, 5) is 11.3. The number of carbonyl (C=O) groups is 1. The van der Waals surface area contributed by atoms with Gasteiger partial charge in [-0.15, -0.1) is 0 Å². The largest absolute Gasteiger partial charge is 0.481 e. The van der Waals surface area contributed by atoms with Crippen molar-refractivity contribution in [3.05, 3.63) is 34.3 Å². The monoisotopic (exact) mass is 344 g/mol. The van der Waals surface area contributed by atoms with Gasteiger partial charge in [0.05, 0.1) is 24.7 Å². The van der Waals surface area contributed by atoms with Gasteiger partial charge in [-0.2, -0.15) is 0 Å². The Labute approximate surface area is 127 Å². The van der Waals surface area contributed by atoms with E-state index in [1.165, 1.54) is 0 Å². The summed E-state index contributed by atoms with van der Waals surface area (Å²) in [6, 6.07) is 7.53. The molecule has 2 N–H and O–H groups in total. The second kappa shape index (κ2) is 8.39. The molecule has 0 aliphatic rings. The van der Waals surface area contributed by atoms with Gasteiger partial charge in [0.2, 0.25) is 0 Å². The zero-order chi connectivity index (χ0) is 15.1. The second-order valence-corrected chi connectivity index (χ2v) is 6.05. The number of carboxylic acids is 1. The van der Waals surface area contributed by atoms with Crippen LogP contribution in [-0.2, 0) is 16.0 Å². The van der Waals surface area contributed by atoms with E-state index < -0.39 is 18.0 Å². The summed E-state index contributed by atoms with van der Waals surface area (Å²) < 4.78 is 6.26. The van der Waals surface area contributed by atoms with Gasteiger partial charge in [-0.25, -0.2) is 0 Å². The van der Waals surface area contributed by atoms with E-state index in [0.29, 0.717) is 6.42 Å². The average molecular weight is 345 g/mol. The van der Waals surface area contributed by atoms with E-state index in [1.54, 1.807) is 0 Å². The molecular formula is C15H21BrO4. The molecule has 0 amide bonds. The highest BCUT2D eigenvalue weighted by atomic mass is 79.9. The molecule has 1 aromatic rings. The van der Waals surface area contributed by atoms with E-state index in [1.807, 2.05) is 38.1 Å². The van der Waals surface area contributed by atoms with Crippen LogP contribution in [0.4, 0.5) is 0 Å². The maximum absolute atomic E-state index is 11.3. The molecule has 0 aliphatic carbocycles. The molecule has 20 heavy (non-hydrogen) atoms. The molecule has 2 atom stereocenters. The predicted octanol–water partition coefficient (Wildman–Crippen LogP) is 2.87. The third-order valence-corrected chi connectivity index (χ3v) is 3.45. The van der Waals surface area contributed by atoms with Gasteiger partial charge in [-0.05, 0) is 44.4 Å². The lowest BCUT2D eigenvalue weighted by Crippen LogP contribution is -2.26. The summed E-state index contributed by atoms with van der Waals surface area (Å²) in [6.07, 6.45) is -0.132. The number of aliphatic carboxylic acids is 1. The Morgan fingerprint density at radius 2 is 1.90 bits per heavy atom. The first-order chi connectivity index (χ1) is 9.38. The molecule has 1 rings (SSSR count). The first-order valence-corrected chi connectivity index (χ1v) is 7.44. The molecule has 4 nitrogen and oxygen atoms in total. The quantitative estimate of drug-likeness (QED) is 0.760. The number of halogens is 1. The summed E-state index contributed by atoms with van der Waals surface area (Å²) in [5.74, 6) is -1.50. The molecule has 0 heterocycles. The van der Waals surface area contributed by atoms with E-state index in [2.05, 4.69) is 15.9 Å². The van der Waals surface area contributed by atoms with Crippen molar-refractivity contribution in [2.24, 2.45) is 5.92 Å². The minimum atomic E-state index is -0.892. The molecule has 0 aliphatic heterocycles. The number of ether oxygens (including phenoxy) is 1. The highest BCUT2D eigenvalue weighted by Gasteiger charge is 2.22. The van der Waals surface area contributed by atoms with Crippen LogP contribution in [0.2, 0.25) is 0 Å². The molecule has 0 radical (unpaired) electrons. The van der Waals surface area contributed by atoms with Crippen molar-refractivity contribution >= 4 is 21.9 Å². The van der Waals surface area contributed by atoms with E-state index in [-0.39, 0.29) is 19.1 Å². The number of benzene rings is 1. The van der Waals surface area contributed by atoms with Crippen molar-refractivity contribution in [1.82, 2.24) is 0 Å². The fraction of sp³-hybridized carbons (Fsp3) is 0.533. The lowest BCUT2D eigenvalue weighted by Gasteiger charge is -2.18. The van der Waals surface area contributed by atoms with Crippen molar-refractivity contribution in [3.63, 3.8) is 0 Å². The maximum Gasteiger partial charge on any atom is 0.306 e. The number of aliphatic hydroxyl groups excluding tert-OH is 1. The van der Waals surface area contributed by atoms with E-state index in [0.717, 1.165) is 10.0 Å². The van der Waals surface area contributed by atoms with Gasteiger partial charge in [0, 0.05) is 4.47 Å². The third-order valence-electron chi connectivity index (χ3n) is 2.92. The highest BCUT2D eigenvalue weighted by Crippen LogP contribution is 2.18. The smallest absolute Gasteiger partial charge is 0.306 e. The molecule has 0 saturated carbocycles. The normalized spacial score (nSPS) is 14.2. The van der Waals surface area contributed by atoms with Crippen LogP contribution in [0.5, 0.6) is 0 Å². The SMILES string of the molecule is CC(C)OCC(O)CC(Cc1ccc(Br)cc1)C(=O)O. The topological polar surface area (TPSA) is 66.8 Å². The Balaban J connectivity index is 2.56. The van der Waals surface area contributed by atoms with Crippen LogP contribution < -0.4 is 0 Å². The number of hydrogen-bond donors (Lipinski definition) is 2. The fourth-order valence-electron chi connectivity index (χ4n) is 1.88. The number of hydrogen-bond acceptors (Lipinski definition) is 3. The molecule has 1 aromatic carbocycles. The molecule has 0 bridgehead atoms. The predicted molar refractivity (Wildman–Crippen MR) is 80.7 cm³/mol. The van der Waals surface area contributed by atoms with Crippen molar-refractivity contribution in [2.45, 2.75) is 38.9 Å². The minimum absolute atomic E-state index is 0.0272. The molecule has 0 saturated heterocycles. The van der Waals surface area contributed by atoms with Crippen LogP contribution in [0.3, 0.4) is 0 Å². The van der Waals surface area contributed by atoms with Crippen LogP contribution in [0.15, 0.2) is 28.7 Å². The summed E-state index contributed by atoms with van der Waals surface area (Å²) in [6.45, 7) is 3.92. The maximum atomic E-state index is 11.3. The Bertz CT molecular complexity index is 416. The lowest BCUT2D eigenvalue weighted by molar-refractivity contribution is -0.143. The molecule has 0 spiro atoms. The average Bonchev–Trinajstić information content (AvgIpc) is 2.38. The first-order valence-electron chi connectivity index (χ1n) is 6.65.